The number of Topliss-reactive ketones (excluding diaryl/α,β-unsaturated/α-hetero) is 2. The maximum Gasteiger partial charge on any atom is 0.404 e. The molecule has 0 aromatic carbocycles. The standard InChI is InChI=1S/C19H24N4O5S2/c1-8-13(21-5-11-29-3-4-30-11)16(25)12-9(7-28-18(20)26)19(27-2)17-10(22-17)6-23(19)14(12)15(8)24/h9-11,17,21-22H,3-7H2,1-2H3,(H2,20,26)/t9-,10+,17+,19-/m1/s1. The van der Waals surface area contributed by atoms with Crippen molar-refractivity contribution in [2.45, 2.75) is 29.3 Å². The van der Waals surface area contributed by atoms with Crippen LogP contribution in [0, 0.1) is 5.92 Å². The average Bonchev–Trinajstić information content (AvgIpc) is 3.08. The molecule has 11 heteroatoms. The lowest BCUT2D eigenvalue weighted by Gasteiger charge is -2.39. The van der Waals surface area contributed by atoms with Crippen LogP contribution in [0.3, 0.4) is 0 Å². The molecule has 5 aliphatic rings. The molecule has 5 rings (SSSR count). The third-order valence-electron chi connectivity index (χ3n) is 6.56. The van der Waals surface area contributed by atoms with Crippen LogP contribution < -0.4 is 16.4 Å². The summed E-state index contributed by atoms with van der Waals surface area (Å²) in [5, 5.41) is 6.59. The van der Waals surface area contributed by atoms with Gasteiger partial charge in [0, 0.05) is 48.9 Å². The monoisotopic (exact) mass is 452 g/mol. The predicted molar refractivity (Wildman–Crippen MR) is 113 cm³/mol. The Morgan fingerprint density at radius 2 is 2.07 bits per heavy atom. The predicted octanol–water partition coefficient (Wildman–Crippen LogP) is -0.214. The quantitative estimate of drug-likeness (QED) is 0.367. The van der Waals surface area contributed by atoms with E-state index in [0.717, 1.165) is 11.5 Å². The zero-order valence-corrected chi connectivity index (χ0v) is 18.4. The van der Waals surface area contributed by atoms with Crippen molar-refractivity contribution in [3.8, 4) is 0 Å². The largest absolute Gasteiger partial charge is 0.449 e. The highest BCUT2D eigenvalue weighted by Gasteiger charge is 2.72. The highest BCUT2D eigenvalue weighted by Crippen LogP contribution is 2.55. The van der Waals surface area contributed by atoms with Gasteiger partial charge in [0.1, 0.15) is 6.61 Å². The minimum Gasteiger partial charge on any atom is -0.449 e. The number of allylic oxidation sites excluding steroid dienone is 2. The van der Waals surface area contributed by atoms with E-state index >= 15 is 0 Å². The third kappa shape index (κ3) is 2.75. The molecule has 4 heterocycles. The van der Waals surface area contributed by atoms with E-state index in [1.165, 1.54) is 0 Å². The number of nitrogens with one attached hydrogen (secondary N) is 2. The van der Waals surface area contributed by atoms with Gasteiger partial charge in [-0.3, -0.25) is 9.59 Å². The lowest BCUT2D eigenvalue weighted by atomic mass is 9.82. The van der Waals surface area contributed by atoms with Gasteiger partial charge in [-0.2, -0.15) is 0 Å². The number of carbonyl (C=O) groups is 3. The van der Waals surface area contributed by atoms with Crippen LogP contribution in [0.1, 0.15) is 6.92 Å². The van der Waals surface area contributed by atoms with Gasteiger partial charge in [0.25, 0.3) is 0 Å². The number of ketones is 2. The van der Waals surface area contributed by atoms with Crippen LogP contribution in [0.25, 0.3) is 0 Å². The molecule has 3 saturated heterocycles. The van der Waals surface area contributed by atoms with Crippen molar-refractivity contribution in [1.29, 1.82) is 0 Å². The van der Waals surface area contributed by atoms with Gasteiger partial charge in [0.05, 0.1) is 27.9 Å². The topological polar surface area (TPSA) is 133 Å². The van der Waals surface area contributed by atoms with Crippen molar-refractivity contribution < 1.29 is 23.9 Å². The Balaban J connectivity index is 1.50. The molecule has 3 fully saturated rings. The van der Waals surface area contributed by atoms with Gasteiger partial charge >= 0.3 is 6.09 Å². The Bertz CT molecular complexity index is 899. The van der Waals surface area contributed by atoms with Crippen LogP contribution in [-0.2, 0) is 19.1 Å². The second kappa shape index (κ2) is 7.18. The van der Waals surface area contributed by atoms with Crippen LogP contribution in [0.2, 0.25) is 0 Å². The second-order valence-electron chi connectivity index (χ2n) is 7.97. The molecule has 9 nitrogen and oxygen atoms in total. The molecule has 4 aliphatic heterocycles. The number of fused-ring (bicyclic) bond motifs is 4. The van der Waals surface area contributed by atoms with Crippen LogP contribution in [-0.4, -0.2) is 83.3 Å². The van der Waals surface area contributed by atoms with Crippen LogP contribution >= 0.6 is 23.5 Å². The van der Waals surface area contributed by atoms with E-state index in [1.807, 2.05) is 28.4 Å². The van der Waals surface area contributed by atoms with E-state index in [-0.39, 0.29) is 30.3 Å². The van der Waals surface area contributed by atoms with E-state index in [9.17, 15) is 14.4 Å². The van der Waals surface area contributed by atoms with Gasteiger partial charge in [0.15, 0.2) is 5.72 Å². The molecule has 0 radical (unpaired) electrons. The summed E-state index contributed by atoms with van der Waals surface area (Å²) in [4.78, 5) is 40.2. The summed E-state index contributed by atoms with van der Waals surface area (Å²) in [5.41, 5.74) is 5.76. The minimum absolute atomic E-state index is 0.0434. The van der Waals surface area contributed by atoms with Gasteiger partial charge in [-0.25, -0.2) is 4.79 Å². The minimum atomic E-state index is -0.941. The van der Waals surface area contributed by atoms with Gasteiger partial charge in [-0.05, 0) is 6.92 Å². The summed E-state index contributed by atoms with van der Waals surface area (Å²) in [6, 6.07) is 0.136. The van der Waals surface area contributed by atoms with E-state index in [0.29, 0.717) is 40.2 Å². The Morgan fingerprint density at radius 3 is 2.73 bits per heavy atom. The normalized spacial score (nSPS) is 35.0. The highest BCUT2D eigenvalue weighted by molar-refractivity contribution is 8.20. The van der Waals surface area contributed by atoms with E-state index in [2.05, 4.69) is 10.6 Å². The lowest BCUT2D eigenvalue weighted by Crippen LogP contribution is -2.55. The van der Waals surface area contributed by atoms with Crippen molar-refractivity contribution in [2.75, 3.05) is 38.3 Å². The molecule has 0 saturated carbocycles. The van der Waals surface area contributed by atoms with Crippen LogP contribution in [0.5, 0.6) is 0 Å². The number of methoxy groups -OCH3 is 1. The van der Waals surface area contributed by atoms with Crippen LogP contribution in [0.4, 0.5) is 4.79 Å². The summed E-state index contributed by atoms with van der Waals surface area (Å²) in [6.45, 7) is 2.74. The maximum absolute atomic E-state index is 13.6. The Labute approximate surface area is 182 Å². The van der Waals surface area contributed by atoms with E-state index < -0.39 is 17.7 Å². The fourth-order valence-corrected chi connectivity index (χ4v) is 7.87. The molecule has 1 amide bonds. The zero-order valence-electron chi connectivity index (χ0n) is 16.7. The number of piperazine rings is 1. The zero-order chi connectivity index (χ0) is 21.2. The SMILES string of the molecule is CO[C@@]12[C@H](COC(N)=O)C3=C(C(=O)C(C)=C(NCC4SCCS4)C3=O)N1C[C@@H]1N[C@@H]12. The number of hydrogen-bond acceptors (Lipinski definition) is 10. The Morgan fingerprint density at radius 1 is 1.33 bits per heavy atom. The first-order chi connectivity index (χ1) is 14.4. The van der Waals surface area contributed by atoms with Crippen molar-refractivity contribution in [1.82, 2.24) is 15.5 Å². The van der Waals surface area contributed by atoms with Gasteiger partial charge in [-0.1, -0.05) is 0 Å². The van der Waals surface area contributed by atoms with Gasteiger partial charge < -0.3 is 30.7 Å². The molecular weight excluding hydrogens is 428 g/mol. The Hall–Kier alpha value is -1.69. The van der Waals surface area contributed by atoms with Crippen molar-refractivity contribution in [2.24, 2.45) is 11.7 Å². The van der Waals surface area contributed by atoms with Gasteiger partial charge in [-0.15, -0.1) is 23.5 Å². The smallest absolute Gasteiger partial charge is 0.404 e. The van der Waals surface area contributed by atoms with Crippen LogP contribution in [0.15, 0.2) is 22.5 Å². The molecule has 0 bridgehead atoms. The lowest BCUT2D eigenvalue weighted by molar-refractivity contribution is -0.137. The number of hydrogen-bond donors (Lipinski definition) is 3. The van der Waals surface area contributed by atoms with Crippen molar-refractivity contribution in [3.05, 3.63) is 22.5 Å². The summed E-state index contributed by atoms with van der Waals surface area (Å²) in [7, 11) is 1.56. The second-order valence-corrected chi connectivity index (χ2v) is 10.9. The number of nitrogens with two attached hydrogens (primary N) is 1. The molecule has 0 spiro atoms. The summed E-state index contributed by atoms with van der Waals surface area (Å²) < 4.78 is 11.4. The first-order valence-corrected chi connectivity index (χ1v) is 12.0. The molecular formula is C19H24N4O5S2. The average molecular weight is 453 g/mol. The number of thioether (sulfide) groups is 2. The summed E-state index contributed by atoms with van der Waals surface area (Å²) in [6.07, 6.45) is -0.921. The molecule has 0 aromatic heterocycles. The highest BCUT2D eigenvalue weighted by atomic mass is 32.2. The van der Waals surface area contributed by atoms with Gasteiger partial charge in [0.2, 0.25) is 11.6 Å². The molecule has 30 heavy (non-hydrogen) atoms. The fraction of sp³-hybridized carbons (Fsp3) is 0.632. The van der Waals surface area contributed by atoms with E-state index in [1.54, 1.807) is 14.0 Å². The number of amides is 1. The third-order valence-corrected chi connectivity index (χ3v) is 9.60. The molecule has 162 valence electrons. The number of nitrogens with zero attached hydrogens (tertiary/aromatic N) is 1. The number of primary amides is 1. The maximum atomic E-state index is 13.6. The molecule has 4 N–H and O–H groups in total. The first-order valence-electron chi connectivity index (χ1n) is 9.92. The summed E-state index contributed by atoms with van der Waals surface area (Å²) >= 11 is 3.70. The molecule has 0 unspecified atom stereocenters. The number of ether oxygens (including phenoxy) is 2. The molecule has 4 atom stereocenters. The first kappa shape index (κ1) is 20.2. The van der Waals surface area contributed by atoms with Crippen molar-refractivity contribution >= 4 is 41.2 Å². The summed E-state index contributed by atoms with van der Waals surface area (Å²) in [5.74, 6) is 1.17. The van der Waals surface area contributed by atoms with Crippen molar-refractivity contribution in [3.63, 3.8) is 0 Å². The molecule has 0 aromatic rings. The molecule has 1 aliphatic carbocycles. The number of carbonyl (C=O) groups excluding carboxylic acids is 3. The fourth-order valence-electron chi connectivity index (χ4n) is 5.21. The Kier molecular flexibility index (Phi) is 4.84. The number of rotatable bonds is 6. The van der Waals surface area contributed by atoms with E-state index in [4.69, 9.17) is 15.2 Å².